The molecule has 1 heterocycles. The van der Waals surface area contributed by atoms with Crippen molar-refractivity contribution in [2.24, 2.45) is 23.7 Å². The number of nitrogens with one attached hydrogen (secondary N) is 1. The van der Waals surface area contributed by atoms with Crippen LogP contribution in [0.25, 0.3) is 0 Å². The van der Waals surface area contributed by atoms with Crippen molar-refractivity contribution in [3.63, 3.8) is 0 Å². The number of nitrogens with zero attached hydrogens (tertiary/aromatic N) is 1. The number of hydrogen-bond donors (Lipinski definition) is 1. The Kier molecular flexibility index (Phi) is 4.41. The smallest absolute Gasteiger partial charge is 0.262 e. The number of piperazine rings is 1. The Hall–Kier alpha value is -0.970. The minimum Gasteiger partial charge on any atom is -0.314 e. The highest BCUT2D eigenvalue weighted by molar-refractivity contribution is 5.85. The molecular weight excluding hydrogens is 342 g/mol. The van der Waals surface area contributed by atoms with Gasteiger partial charge in [0.1, 0.15) is 0 Å². The number of alkyl halides is 2. The zero-order valence-electron chi connectivity index (χ0n) is 14.2. The van der Waals surface area contributed by atoms with Crippen LogP contribution in [0.4, 0.5) is 8.78 Å². The van der Waals surface area contributed by atoms with Crippen molar-refractivity contribution in [1.29, 1.82) is 0 Å². The molecule has 0 spiro atoms. The highest BCUT2D eigenvalue weighted by Gasteiger charge is 2.73. The molecule has 0 aromatic rings. The van der Waals surface area contributed by atoms with Gasteiger partial charge in [0.15, 0.2) is 0 Å². The largest absolute Gasteiger partial charge is 0.314 e. The Balaban J connectivity index is 0.00000157. The van der Waals surface area contributed by atoms with Crippen LogP contribution in [0, 0.1) is 23.7 Å². The fraction of sp³-hybridized carbons (Fsp3) is 0.600. The summed E-state index contributed by atoms with van der Waals surface area (Å²) in [6.45, 7) is 4.06. The maximum atomic E-state index is 14.6. The van der Waals surface area contributed by atoms with Gasteiger partial charge in [-0.3, -0.25) is 4.90 Å². The van der Waals surface area contributed by atoms with Crippen molar-refractivity contribution in [2.45, 2.75) is 24.8 Å². The lowest BCUT2D eigenvalue weighted by Crippen LogP contribution is -2.54. The van der Waals surface area contributed by atoms with Crippen LogP contribution >= 0.6 is 12.4 Å². The fourth-order valence-corrected chi connectivity index (χ4v) is 5.60. The standard InChI is InChI=1S/C20H24F2N2.ClH/c21-20(22)17-13-5-1-3-7-15(13)19(24-11-9-23-10-12-24)16-8-4-2-6-14(16)18(17)20;/h1-6,15-19,23H,7-12H2;1H. The second-order valence-electron chi connectivity index (χ2n) is 7.78. The lowest BCUT2D eigenvalue weighted by molar-refractivity contribution is 0.0646. The number of halogens is 3. The molecule has 3 fully saturated rings. The van der Waals surface area contributed by atoms with Gasteiger partial charge in [-0.15, -0.1) is 12.4 Å². The molecule has 4 atom stereocenters. The zero-order valence-corrected chi connectivity index (χ0v) is 15.0. The van der Waals surface area contributed by atoms with Crippen molar-refractivity contribution in [3.05, 3.63) is 47.6 Å². The summed E-state index contributed by atoms with van der Waals surface area (Å²) in [5.41, 5.74) is 2.04. The van der Waals surface area contributed by atoms with E-state index in [-0.39, 0.29) is 24.2 Å². The quantitative estimate of drug-likeness (QED) is 0.763. The van der Waals surface area contributed by atoms with Crippen molar-refractivity contribution in [2.75, 3.05) is 26.2 Å². The average Bonchev–Trinajstić information content (AvgIpc) is 3.22. The third-order valence-corrected chi connectivity index (χ3v) is 6.66. The summed E-state index contributed by atoms with van der Waals surface area (Å²) in [7, 11) is 0. The third-order valence-electron chi connectivity index (χ3n) is 6.66. The van der Waals surface area contributed by atoms with E-state index in [0.29, 0.717) is 6.04 Å². The van der Waals surface area contributed by atoms with Crippen LogP contribution in [0.3, 0.4) is 0 Å². The van der Waals surface area contributed by atoms with E-state index in [9.17, 15) is 8.78 Å². The molecule has 1 N–H and O–H groups in total. The first kappa shape index (κ1) is 17.4. The maximum absolute atomic E-state index is 14.6. The predicted octanol–water partition coefficient (Wildman–Crippen LogP) is 3.58. The molecule has 0 aromatic heterocycles. The summed E-state index contributed by atoms with van der Waals surface area (Å²) in [5.74, 6) is -3.16. The van der Waals surface area contributed by atoms with Crippen LogP contribution in [0.5, 0.6) is 0 Å². The second-order valence-corrected chi connectivity index (χ2v) is 7.78. The molecule has 0 radical (unpaired) electrons. The van der Waals surface area contributed by atoms with Crippen LogP contribution < -0.4 is 5.32 Å². The molecule has 5 aliphatic rings. The summed E-state index contributed by atoms with van der Waals surface area (Å²) < 4.78 is 29.3. The van der Waals surface area contributed by atoms with Gasteiger partial charge in [0.2, 0.25) is 0 Å². The van der Waals surface area contributed by atoms with E-state index in [2.05, 4.69) is 22.4 Å². The first-order chi connectivity index (χ1) is 11.7. The Morgan fingerprint density at radius 3 is 1.96 bits per heavy atom. The summed E-state index contributed by atoms with van der Waals surface area (Å²) in [5, 5.41) is 3.43. The molecule has 4 aliphatic carbocycles. The molecule has 0 aromatic carbocycles. The van der Waals surface area contributed by atoms with Crippen molar-refractivity contribution >= 4 is 12.4 Å². The normalized spacial score (nSPS) is 41.3. The molecule has 4 unspecified atom stereocenters. The van der Waals surface area contributed by atoms with Crippen molar-refractivity contribution < 1.29 is 8.78 Å². The van der Waals surface area contributed by atoms with Crippen LogP contribution in [0.2, 0.25) is 0 Å². The van der Waals surface area contributed by atoms with E-state index >= 15 is 0 Å². The molecule has 2 saturated carbocycles. The third kappa shape index (κ3) is 2.56. The number of fused-ring (bicyclic) bond motifs is 5. The van der Waals surface area contributed by atoms with Crippen LogP contribution in [-0.2, 0) is 0 Å². The lowest BCUT2D eigenvalue weighted by Gasteiger charge is -2.45. The minimum atomic E-state index is -2.54. The van der Waals surface area contributed by atoms with E-state index < -0.39 is 17.8 Å². The highest BCUT2D eigenvalue weighted by atomic mass is 35.5. The van der Waals surface area contributed by atoms with Crippen LogP contribution in [-0.4, -0.2) is 43.0 Å². The molecule has 2 nitrogen and oxygen atoms in total. The monoisotopic (exact) mass is 366 g/mol. The van der Waals surface area contributed by atoms with Gasteiger partial charge < -0.3 is 5.32 Å². The molecule has 5 rings (SSSR count). The fourth-order valence-electron chi connectivity index (χ4n) is 5.60. The van der Waals surface area contributed by atoms with E-state index in [0.717, 1.165) is 50.2 Å². The summed E-state index contributed by atoms with van der Waals surface area (Å²) in [4.78, 5) is 2.58. The lowest BCUT2D eigenvalue weighted by atomic mass is 9.74. The Morgan fingerprint density at radius 1 is 0.920 bits per heavy atom. The maximum Gasteiger partial charge on any atom is 0.262 e. The van der Waals surface area contributed by atoms with E-state index in [1.54, 1.807) is 0 Å². The number of hydrogen-bond acceptors (Lipinski definition) is 2. The topological polar surface area (TPSA) is 15.3 Å². The summed E-state index contributed by atoms with van der Waals surface area (Å²) in [6, 6.07) is 0.364. The van der Waals surface area contributed by atoms with Gasteiger partial charge in [0, 0.05) is 44.1 Å². The first-order valence-corrected chi connectivity index (χ1v) is 9.25. The Labute approximate surface area is 154 Å². The van der Waals surface area contributed by atoms with Crippen LogP contribution in [0.1, 0.15) is 12.8 Å². The molecule has 1 saturated heterocycles. The number of allylic oxidation sites excluding steroid dienone is 6. The second kappa shape index (κ2) is 6.33. The van der Waals surface area contributed by atoms with Gasteiger partial charge in [-0.05, 0) is 12.8 Å². The molecule has 0 amide bonds. The minimum absolute atomic E-state index is 0. The van der Waals surface area contributed by atoms with Gasteiger partial charge in [0.25, 0.3) is 5.92 Å². The highest BCUT2D eigenvalue weighted by Crippen LogP contribution is 2.68. The average molecular weight is 367 g/mol. The molecule has 0 bridgehead atoms. The molecular formula is C20H25ClF2N2. The molecule has 25 heavy (non-hydrogen) atoms. The zero-order chi connectivity index (χ0) is 16.3. The van der Waals surface area contributed by atoms with E-state index in [1.165, 1.54) is 0 Å². The predicted molar refractivity (Wildman–Crippen MR) is 98.1 cm³/mol. The molecule has 136 valence electrons. The summed E-state index contributed by atoms with van der Waals surface area (Å²) >= 11 is 0. The van der Waals surface area contributed by atoms with Crippen molar-refractivity contribution in [1.82, 2.24) is 10.2 Å². The van der Waals surface area contributed by atoms with Gasteiger partial charge in [-0.1, -0.05) is 47.6 Å². The Bertz CT molecular complexity index is 615. The van der Waals surface area contributed by atoms with Gasteiger partial charge >= 0.3 is 0 Å². The van der Waals surface area contributed by atoms with Crippen LogP contribution in [0.15, 0.2) is 47.6 Å². The SMILES string of the molecule is Cl.FC1(F)C2C3=CC=CCC3C(N3CCNCC3)C3CC=CC=C3C21. The molecule has 1 aliphatic heterocycles. The van der Waals surface area contributed by atoms with E-state index in [1.807, 2.05) is 24.3 Å². The molecule has 5 heteroatoms. The van der Waals surface area contributed by atoms with Gasteiger partial charge in [-0.2, -0.15) is 0 Å². The number of rotatable bonds is 1. The van der Waals surface area contributed by atoms with E-state index in [4.69, 9.17) is 0 Å². The van der Waals surface area contributed by atoms with Gasteiger partial charge in [-0.25, -0.2) is 8.78 Å². The Morgan fingerprint density at radius 2 is 1.44 bits per heavy atom. The summed E-state index contributed by atoms with van der Waals surface area (Å²) in [6.07, 6.45) is 14.2. The van der Waals surface area contributed by atoms with Gasteiger partial charge in [0.05, 0.1) is 11.8 Å². The first-order valence-electron chi connectivity index (χ1n) is 9.25. The van der Waals surface area contributed by atoms with Crippen molar-refractivity contribution in [3.8, 4) is 0 Å².